The Morgan fingerprint density at radius 1 is 1.33 bits per heavy atom. The fourth-order valence-electron chi connectivity index (χ4n) is 2.38. The van der Waals surface area contributed by atoms with Gasteiger partial charge < -0.3 is 14.4 Å². The minimum Gasteiger partial charge on any atom is -0.490 e. The number of likely N-dealkylation sites (tertiary alicyclic amines) is 1. The second-order valence-electron chi connectivity index (χ2n) is 5.46. The Kier molecular flexibility index (Phi) is 6.06. The number of hydrogen-bond acceptors (Lipinski definition) is 3. The molecule has 2 rings (SSSR count). The summed E-state index contributed by atoms with van der Waals surface area (Å²) in [5, 5.41) is 0. The molecule has 1 saturated heterocycles. The van der Waals surface area contributed by atoms with Crippen molar-refractivity contribution in [2.24, 2.45) is 5.92 Å². The Hall–Kier alpha value is -1.07. The van der Waals surface area contributed by atoms with E-state index in [-0.39, 0.29) is 5.91 Å². The van der Waals surface area contributed by atoms with Crippen LogP contribution in [-0.4, -0.2) is 44.2 Å². The van der Waals surface area contributed by atoms with Crippen LogP contribution < -0.4 is 4.74 Å². The van der Waals surface area contributed by atoms with E-state index in [1.165, 1.54) is 0 Å². The standard InChI is InChI=1S/C16H22BrNO3/c1-12-5-7-18(8-6-12)16(19)13-3-4-15(14(17)11-13)21-10-9-20-2/h3-4,11-12H,5-10H2,1-2H3. The molecule has 1 heterocycles. The molecule has 0 spiro atoms. The van der Waals surface area contributed by atoms with Gasteiger partial charge in [-0.05, 0) is 52.9 Å². The van der Waals surface area contributed by atoms with Crippen LogP contribution in [0.15, 0.2) is 22.7 Å². The molecular weight excluding hydrogens is 334 g/mol. The molecule has 0 aliphatic carbocycles. The molecule has 21 heavy (non-hydrogen) atoms. The topological polar surface area (TPSA) is 38.8 Å². The van der Waals surface area contributed by atoms with Crippen LogP contribution in [0.4, 0.5) is 0 Å². The van der Waals surface area contributed by atoms with Gasteiger partial charge in [-0.3, -0.25) is 4.79 Å². The van der Waals surface area contributed by atoms with Crippen molar-refractivity contribution >= 4 is 21.8 Å². The van der Waals surface area contributed by atoms with E-state index in [2.05, 4.69) is 22.9 Å². The first kappa shape index (κ1) is 16.3. The summed E-state index contributed by atoms with van der Waals surface area (Å²) in [5.74, 6) is 1.55. The fourth-order valence-corrected chi connectivity index (χ4v) is 2.87. The fraction of sp³-hybridized carbons (Fsp3) is 0.562. The lowest BCUT2D eigenvalue weighted by Crippen LogP contribution is -2.37. The average Bonchev–Trinajstić information content (AvgIpc) is 2.49. The molecule has 1 aromatic carbocycles. The van der Waals surface area contributed by atoms with Gasteiger partial charge in [0.25, 0.3) is 5.91 Å². The van der Waals surface area contributed by atoms with E-state index >= 15 is 0 Å². The lowest BCUT2D eigenvalue weighted by atomic mass is 9.98. The molecular formula is C16H22BrNO3. The number of methoxy groups -OCH3 is 1. The summed E-state index contributed by atoms with van der Waals surface area (Å²) in [4.78, 5) is 14.4. The van der Waals surface area contributed by atoms with Gasteiger partial charge in [-0.25, -0.2) is 0 Å². The van der Waals surface area contributed by atoms with Crippen LogP contribution in [-0.2, 0) is 4.74 Å². The van der Waals surface area contributed by atoms with E-state index < -0.39 is 0 Å². The SMILES string of the molecule is COCCOc1ccc(C(=O)N2CCC(C)CC2)cc1Br. The van der Waals surface area contributed by atoms with E-state index in [0.717, 1.165) is 42.1 Å². The van der Waals surface area contributed by atoms with Crippen LogP contribution in [0.25, 0.3) is 0 Å². The van der Waals surface area contributed by atoms with Gasteiger partial charge in [0, 0.05) is 25.8 Å². The number of nitrogens with zero attached hydrogens (tertiary/aromatic N) is 1. The Morgan fingerprint density at radius 3 is 2.67 bits per heavy atom. The summed E-state index contributed by atoms with van der Waals surface area (Å²) >= 11 is 3.46. The first-order chi connectivity index (χ1) is 10.1. The summed E-state index contributed by atoms with van der Waals surface area (Å²) in [6.45, 7) is 4.98. The highest BCUT2D eigenvalue weighted by Crippen LogP contribution is 2.27. The van der Waals surface area contributed by atoms with Crippen LogP contribution >= 0.6 is 15.9 Å². The molecule has 0 bridgehead atoms. The maximum Gasteiger partial charge on any atom is 0.253 e. The van der Waals surface area contributed by atoms with Crippen molar-refractivity contribution in [3.63, 3.8) is 0 Å². The molecule has 0 radical (unpaired) electrons. The lowest BCUT2D eigenvalue weighted by molar-refractivity contribution is 0.0697. The summed E-state index contributed by atoms with van der Waals surface area (Å²) in [7, 11) is 1.64. The van der Waals surface area contributed by atoms with E-state index in [4.69, 9.17) is 9.47 Å². The zero-order valence-corrected chi connectivity index (χ0v) is 14.2. The number of halogens is 1. The van der Waals surface area contributed by atoms with Crippen molar-refractivity contribution in [1.82, 2.24) is 4.90 Å². The third kappa shape index (κ3) is 4.45. The highest BCUT2D eigenvalue weighted by molar-refractivity contribution is 9.10. The summed E-state index contributed by atoms with van der Waals surface area (Å²) in [6.07, 6.45) is 2.18. The summed E-state index contributed by atoms with van der Waals surface area (Å²) in [6, 6.07) is 5.50. The van der Waals surface area contributed by atoms with Crippen LogP contribution in [0.5, 0.6) is 5.75 Å². The van der Waals surface area contributed by atoms with Crippen molar-refractivity contribution in [3.8, 4) is 5.75 Å². The van der Waals surface area contributed by atoms with E-state index in [0.29, 0.717) is 18.8 Å². The van der Waals surface area contributed by atoms with Crippen LogP contribution in [0, 0.1) is 5.92 Å². The van der Waals surface area contributed by atoms with Crippen molar-refractivity contribution in [3.05, 3.63) is 28.2 Å². The number of hydrogen-bond donors (Lipinski definition) is 0. The Labute approximate surface area is 134 Å². The van der Waals surface area contributed by atoms with Gasteiger partial charge in [0.15, 0.2) is 0 Å². The molecule has 1 aliphatic heterocycles. The maximum absolute atomic E-state index is 12.5. The largest absolute Gasteiger partial charge is 0.490 e. The Balaban J connectivity index is 2.00. The van der Waals surface area contributed by atoms with E-state index in [1.54, 1.807) is 7.11 Å². The molecule has 1 amide bonds. The third-order valence-electron chi connectivity index (χ3n) is 3.79. The molecule has 1 aliphatic rings. The van der Waals surface area contributed by atoms with E-state index in [9.17, 15) is 4.79 Å². The molecule has 0 unspecified atom stereocenters. The highest BCUT2D eigenvalue weighted by Gasteiger charge is 2.21. The normalized spacial score (nSPS) is 16.0. The number of piperidine rings is 1. The third-order valence-corrected chi connectivity index (χ3v) is 4.41. The number of amides is 1. The predicted octanol–water partition coefficient (Wildman–Crippen LogP) is 3.35. The second-order valence-corrected chi connectivity index (χ2v) is 6.32. The Morgan fingerprint density at radius 2 is 2.05 bits per heavy atom. The number of rotatable bonds is 5. The smallest absolute Gasteiger partial charge is 0.253 e. The number of carbonyl (C=O) groups is 1. The molecule has 0 aromatic heterocycles. The van der Waals surface area contributed by atoms with Crippen molar-refractivity contribution in [2.75, 3.05) is 33.4 Å². The van der Waals surface area contributed by atoms with Crippen LogP contribution in [0.1, 0.15) is 30.1 Å². The zero-order chi connectivity index (χ0) is 15.2. The molecule has 1 aromatic rings. The molecule has 116 valence electrons. The Bertz CT molecular complexity index is 484. The van der Waals surface area contributed by atoms with Gasteiger partial charge in [0.2, 0.25) is 0 Å². The minimum absolute atomic E-state index is 0.103. The molecule has 0 saturated carbocycles. The first-order valence-corrected chi connectivity index (χ1v) is 8.11. The van der Waals surface area contributed by atoms with Crippen LogP contribution in [0.2, 0.25) is 0 Å². The maximum atomic E-state index is 12.5. The summed E-state index contributed by atoms with van der Waals surface area (Å²) in [5.41, 5.74) is 0.704. The van der Waals surface area contributed by atoms with E-state index in [1.807, 2.05) is 23.1 Å². The second kappa shape index (κ2) is 7.80. The molecule has 4 nitrogen and oxygen atoms in total. The monoisotopic (exact) mass is 355 g/mol. The lowest BCUT2D eigenvalue weighted by Gasteiger charge is -2.30. The summed E-state index contributed by atoms with van der Waals surface area (Å²) < 4.78 is 11.3. The average molecular weight is 356 g/mol. The molecule has 5 heteroatoms. The van der Waals surface area contributed by atoms with Crippen LogP contribution in [0.3, 0.4) is 0 Å². The van der Waals surface area contributed by atoms with Gasteiger partial charge in [-0.15, -0.1) is 0 Å². The molecule has 0 N–H and O–H groups in total. The quantitative estimate of drug-likeness (QED) is 0.760. The van der Waals surface area contributed by atoms with Crippen molar-refractivity contribution in [2.45, 2.75) is 19.8 Å². The molecule has 0 atom stereocenters. The number of benzene rings is 1. The number of ether oxygens (including phenoxy) is 2. The highest BCUT2D eigenvalue weighted by atomic mass is 79.9. The van der Waals surface area contributed by atoms with Gasteiger partial charge >= 0.3 is 0 Å². The molecule has 1 fully saturated rings. The first-order valence-electron chi connectivity index (χ1n) is 7.32. The van der Waals surface area contributed by atoms with Gasteiger partial charge in [-0.2, -0.15) is 0 Å². The predicted molar refractivity (Wildman–Crippen MR) is 85.8 cm³/mol. The minimum atomic E-state index is 0.103. The zero-order valence-electron chi connectivity index (χ0n) is 12.6. The van der Waals surface area contributed by atoms with Gasteiger partial charge in [-0.1, -0.05) is 6.92 Å². The number of carbonyl (C=O) groups excluding carboxylic acids is 1. The van der Waals surface area contributed by atoms with Gasteiger partial charge in [0.1, 0.15) is 12.4 Å². The van der Waals surface area contributed by atoms with Gasteiger partial charge in [0.05, 0.1) is 11.1 Å². The van der Waals surface area contributed by atoms with Crippen molar-refractivity contribution in [1.29, 1.82) is 0 Å². The van der Waals surface area contributed by atoms with Crippen molar-refractivity contribution < 1.29 is 14.3 Å².